The van der Waals surface area contributed by atoms with Crippen molar-refractivity contribution in [1.82, 2.24) is 0 Å². The molecule has 0 unspecified atom stereocenters. The van der Waals surface area contributed by atoms with Crippen LogP contribution in [0.15, 0.2) is 12.2 Å². The summed E-state index contributed by atoms with van der Waals surface area (Å²) in [5.74, 6) is 3.89. The maximum Gasteiger partial charge on any atom is 0.112 e. The molecule has 2 spiro atoms. The first kappa shape index (κ1) is 22.4. The molecule has 2 bridgehead atoms. The van der Waals surface area contributed by atoms with E-state index < -0.39 is 0 Å². The van der Waals surface area contributed by atoms with Gasteiger partial charge in [0.15, 0.2) is 0 Å². The molecule has 2 saturated heterocycles. The smallest absolute Gasteiger partial charge is 0.112 e. The summed E-state index contributed by atoms with van der Waals surface area (Å²) in [6.45, 7) is 14.5. The molecule has 0 aromatic rings. The topological polar surface area (TPSA) is 38.7 Å². The Morgan fingerprint density at radius 1 is 0.839 bits per heavy atom. The van der Waals surface area contributed by atoms with E-state index in [9.17, 15) is 5.11 Å². The number of aliphatic hydroxyl groups excluding tert-OH is 1. The van der Waals surface area contributed by atoms with E-state index in [1.54, 1.807) is 0 Å². The van der Waals surface area contributed by atoms with Gasteiger partial charge in [-0.25, -0.2) is 9.78 Å². The minimum absolute atomic E-state index is 0.102. The molecular formula is C28H46O3. The van der Waals surface area contributed by atoms with Crippen LogP contribution in [0.1, 0.15) is 99.3 Å². The summed E-state index contributed by atoms with van der Waals surface area (Å²) in [5, 5.41) is 10.4. The average Bonchev–Trinajstić information content (AvgIpc) is 3.09. The Labute approximate surface area is 190 Å². The zero-order valence-electron chi connectivity index (χ0n) is 20.8. The van der Waals surface area contributed by atoms with Gasteiger partial charge in [0.05, 0.1) is 6.10 Å². The third-order valence-electron chi connectivity index (χ3n) is 11.6. The molecule has 3 heteroatoms. The predicted octanol–water partition coefficient (Wildman–Crippen LogP) is 6.70. The van der Waals surface area contributed by atoms with Gasteiger partial charge in [0, 0.05) is 11.8 Å². The third kappa shape index (κ3) is 2.94. The first-order chi connectivity index (χ1) is 14.6. The van der Waals surface area contributed by atoms with Gasteiger partial charge in [-0.2, -0.15) is 0 Å². The van der Waals surface area contributed by atoms with E-state index in [4.69, 9.17) is 9.78 Å². The van der Waals surface area contributed by atoms with Gasteiger partial charge in [0.2, 0.25) is 0 Å². The summed E-state index contributed by atoms with van der Waals surface area (Å²) >= 11 is 0. The van der Waals surface area contributed by atoms with E-state index in [1.807, 2.05) is 0 Å². The van der Waals surface area contributed by atoms with Gasteiger partial charge in [-0.1, -0.05) is 53.7 Å². The van der Waals surface area contributed by atoms with Crippen LogP contribution < -0.4 is 0 Å². The first-order valence-corrected chi connectivity index (χ1v) is 13.3. The Hall–Kier alpha value is -0.380. The van der Waals surface area contributed by atoms with Crippen LogP contribution in [0.4, 0.5) is 0 Å². The van der Waals surface area contributed by atoms with Crippen molar-refractivity contribution in [2.75, 3.05) is 0 Å². The minimum atomic E-state index is -0.258. The van der Waals surface area contributed by atoms with Crippen molar-refractivity contribution >= 4 is 0 Å². The van der Waals surface area contributed by atoms with E-state index in [2.05, 4.69) is 53.7 Å². The van der Waals surface area contributed by atoms with E-state index in [1.165, 1.54) is 25.7 Å². The maximum absolute atomic E-state index is 10.4. The summed E-state index contributed by atoms with van der Waals surface area (Å²) in [5.41, 5.74) is 0.133. The molecule has 2 aliphatic heterocycles. The summed E-state index contributed by atoms with van der Waals surface area (Å²) in [7, 11) is 0. The van der Waals surface area contributed by atoms with Gasteiger partial charge in [-0.15, -0.1) is 0 Å². The highest BCUT2D eigenvalue weighted by Crippen LogP contribution is 2.74. The summed E-state index contributed by atoms with van der Waals surface area (Å²) < 4.78 is 0. The molecule has 176 valence electrons. The van der Waals surface area contributed by atoms with Gasteiger partial charge < -0.3 is 5.11 Å². The molecule has 2 heterocycles. The highest BCUT2D eigenvalue weighted by Gasteiger charge is 2.75. The van der Waals surface area contributed by atoms with Gasteiger partial charge in [0.1, 0.15) is 11.2 Å². The zero-order valence-corrected chi connectivity index (χ0v) is 20.8. The molecule has 1 N–H and O–H groups in total. The van der Waals surface area contributed by atoms with Crippen LogP contribution in [0.5, 0.6) is 0 Å². The van der Waals surface area contributed by atoms with Crippen molar-refractivity contribution in [2.24, 2.45) is 46.3 Å². The Bertz CT molecular complexity index is 720. The van der Waals surface area contributed by atoms with Crippen LogP contribution in [-0.4, -0.2) is 22.4 Å². The molecule has 0 aromatic carbocycles. The fraction of sp³-hybridized carbons (Fsp3) is 0.929. The first-order valence-electron chi connectivity index (χ1n) is 13.3. The van der Waals surface area contributed by atoms with Crippen molar-refractivity contribution in [2.45, 2.75) is 117 Å². The number of hydrogen-bond acceptors (Lipinski definition) is 3. The normalized spacial score (nSPS) is 53.3. The van der Waals surface area contributed by atoms with E-state index in [0.29, 0.717) is 35.0 Å². The van der Waals surface area contributed by atoms with Crippen LogP contribution in [-0.2, 0) is 9.78 Å². The van der Waals surface area contributed by atoms with E-state index >= 15 is 0 Å². The Morgan fingerprint density at radius 2 is 1.61 bits per heavy atom. The largest absolute Gasteiger partial charge is 0.393 e. The Balaban J connectivity index is 1.42. The number of fused-ring (bicyclic) bond motifs is 3. The van der Waals surface area contributed by atoms with Gasteiger partial charge >= 0.3 is 0 Å². The lowest BCUT2D eigenvalue weighted by Crippen LogP contribution is -2.75. The lowest BCUT2D eigenvalue weighted by atomic mass is 9.40. The van der Waals surface area contributed by atoms with Crippen molar-refractivity contribution < 1.29 is 14.9 Å². The average molecular weight is 431 g/mol. The quantitative estimate of drug-likeness (QED) is 0.398. The molecule has 10 atom stereocenters. The van der Waals surface area contributed by atoms with Crippen LogP contribution in [0, 0.1) is 46.3 Å². The fourth-order valence-corrected chi connectivity index (χ4v) is 9.32. The van der Waals surface area contributed by atoms with Crippen LogP contribution in [0.3, 0.4) is 0 Å². The Kier molecular flexibility index (Phi) is 5.28. The summed E-state index contributed by atoms with van der Waals surface area (Å²) in [6.07, 6.45) is 14.9. The van der Waals surface area contributed by atoms with Crippen molar-refractivity contribution in [1.29, 1.82) is 0 Å². The van der Waals surface area contributed by atoms with Crippen molar-refractivity contribution in [3.63, 3.8) is 0 Å². The molecule has 4 saturated carbocycles. The SMILES string of the molecule is CC(C)[C@@H](C)C=C[C@@H](C)[C@H]1CC[C@@H]2[C@]1(C)CC[C@H]1[C@]23CC[C@]2(C[C@@H](O)CC[C@]12C)OO3. The van der Waals surface area contributed by atoms with Gasteiger partial charge in [0.25, 0.3) is 0 Å². The maximum atomic E-state index is 10.4. The molecule has 6 rings (SSSR count). The molecule has 3 nitrogen and oxygen atoms in total. The van der Waals surface area contributed by atoms with Crippen LogP contribution in [0.25, 0.3) is 0 Å². The van der Waals surface area contributed by atoms with Crippen molar-refractivity contribution in [3.05, 3.63) is 12.2 Å². The number of rotatable bonds is 4. The van der Waals surface area contributed by atoms with Gasteiger partial charge in [-0.3, -0.25) is 0 Å². The predicted molar refractivity (Wildman–Crippen MR) is 124 cm³/mol. The molecule has 0 radical (unpaired) electrons. The minimum Gasteiger partial charge on any atom is -0.393 e. The van der Waals surface area contributed by atoms with Crippen LogP contribution in [0.2, 0.25) is 0 Å². The molecule has 0 amide bonds. The van der Waals surface area contributed by atoms with Crippen LogP contribution >= 0.6 is 0 Å². The Morgan fingerprint density at radius 3 is 2.29 bits per heavy atom. The molecular weight excluding hydrogens is 384 g/mol. The second-order valence-electron chi connectivity index (χ2n) is 13.1. The number of aliphatic hydroxyl groups is 1. The second kappa shape index (κ2) is 7.31. The highest BCUT2D eigenvalue weighted by molar-refractivity contribution is 5.23. The third-order valence-corrected chi connectivity index (χ3v) is 11.6. The second-order valence-corrected chi connectivity index (χ2v) is 13.1. The lowest BCUT2D eigenvalue weighted by Gasteiger charge is -2.72. The summed E-state index contributed by atoms with van der Waals surface area (Å²) in [6, 6.07) is 0. The molecule has 0 aromatic heterocycles. The lowest BCUT2D eigenvalue weighted by molar-refractivity contribution is -0.536. The number of allylic oxidation sites excluding steroid dienone is 2. The fourth-order valence-electron chi connectivity index (χ4n) is 9.32. The standard InChI is InChI=1S/C28H46O3/c1-18(2)19(3)7-8-20(4)22-9-10-23-25(22,5)13-12-24-26(6)14-11-21(29)17-27(26)15-16-28(23,24)31-30-27/h7-8,18-24,29H,9-17H2,1-6H3/t19-,20+,21-,22+,23+,24+,25+,26+,27+,28-/m0/s1. The zero-order chi connectivity index (χ0) is 22.2. The monoisotopic (exact) mass is 430 g/mol. The van der Waals surface area contributed by atoms with Gasteiger partial charge in [-0.05, 0) is 92.3 Å². The van der Waals surface area contributed by atoms with E-state index in [-0.39, 0.29) is 22.7 Å². The molecule has 6 aliphatic rings. The molecule has 6 fully saturated rings. The van der Waals surface area contributed by atoms with E-state index in [0.717, 1.165) is 38.0 Å². The summed E-state index contributed by atoms with van der Waals surface area (Å²) in [4.78, 5) is 12.9. The molecule has 31 heavy (non-hydrogen) atoms. The number of hydrogen-bond donors (Lipinski definition) is 1. The highest BCUT2D eigenvalue weighted by atomic mass is 17.2. The van der Waals surface area contributed by atoms with Crippen molar-refractivity contribution in [3.8, 4) is 0 Å². The molecule has 4 aliphatic carbocycles.